The third-order valence-corrected chi connectivity index (χ3v) is 8.00. The molecule has 0 aromatic rings. The summed E-state index contributed by atoms with van der Waals surface area (Å²) in [6, 6.07) is 0. The van der Waals surface area contributed by atoms with Gasteiger partial charge < -0.3 is 33.5 Å². The van der Waals surface area contributed by atoms with Gasteiger partial charge in [0.15, 0.2) is 17.4 Å². The summed E-state index contributed by atoms with van der Waals surface area (Å²) in [6.45, 7) is 30.1. The Bertz CT molecular complexity index is 983. The molecule has 10 heteroatoms. The second-order valence-corrected chi connectivity index (χ2v) is 14.9. The van der Waals surface area contributed by atoms with Gasteiger partial charge in [0.2, 0.25) is 0 Å². The quantitative estimate of drug-likeness (QED) is 0.0340. The molecule has 1 N–H and O–H groups in total. The number of esters is 1. The van der Waals surface area contributed by atoms with Gasteiger partial charge in [0.1, 0.15) is 18.8 Å². The molecule has 0 aliphatic rings. The Hall–Kier alpha value is -2.21. The van der Waals surface area contributed by atoms with E-state index < -0.39 is 17.4 Å². The number of ketones is 2. The predicted octanol–water partition coefficient (Wildman–Crippen LogP) is 7.89. The van der Waals surface area contributed by atoms with Gasteiger partial charge in [-0.15, -0.1) is 0 Å². The van der Waals surface area contributed by atoms with Crippen LogP contribution >= 0.6 is 0 Å². The maximum Gasteiger partial charge on any atom is 0.330 e. The van der Waals surface area contributed by atoms with Gasteiger partial charge in [0, 0.05) is 39.4 Å². The van der Waals surface area contributed by atoms with Crippen LogP contribution in [0.25, 0.3) is 0 Å². The van der Waals surface area contributed by atoms with E-state index >= 15 is 0 Å². The van der Waals surface area contributed by atoms with Crippen molar-refractivity contribution in [3.8, 4) is 0 Å². The molecule has 10 nitrogen and oxygen atoms in total. The minimum atomic E-state index is -1.27. The average molecular weight is 713 g/mol. The molecule has 3 unspecified atom stereocenters. The Balaban J connectivity index is 0. The number of carbonyl (C=O) groups is 3. The van der Waals surface area contributed by atoms with Gasteiger partial charge in [0.05, 0.1) is 17.3 Å². The monoisotopic (exact) mass is 713 g/mol. The van der Waals surface area contributed by atoms with E-state index in [2.05, 4.69) is 47.4 Å². The van der Waals surface area contributed by atoms with Crippen LogP contribution in [0.5, 0.6) is 0 Å². The van der Waals surface area contributed by atoms with Gasteiger partial charge in [-0.25, -0.2) is 4.79 Å². The standard InChI is InChI=1S/C30H54O6.C10H18O4/c1-11-16-25(21-24(4)33-19-14-18-29(7,8)36-27(32)13-3)22-30(9,10)34-20-15-17-28(5,6)35-23-26(31)12-2;1-4-9(11)8-14-10(2,12)6-5-7-13-3/h12-13,24-25H,2-3,11,14-23H2,1,4-10H3;4,12H,1,5-8H2,2-3H3. The van der Waals surface area contributed by atoms with E-state index in [0.29, 0.717) is 38.6 Å². The van der Waals surface area contributed by atoms with Crippen molar-refractivity contribution in [2.45, 2.75) is 155 Å². The molecule has 0 heterocycles. The van der Waals surface area contributed by atoms with E-state index in [0.717, 1.165) is 51.4 Å². The number of aliphatic hydroxyl groups is 1. The zero-order valence-corrected chi connectivity index (χ0v) is 33.2. The van der Waals surface area contributed by atoms with E-state index in [1.54, 1.807) is 7.11 Å². The lowest BCUT2D eigenvalue weighted by molar-refractivity contribution is -0.195. The molecule has 0 aromatic heterocycles. The van der Waals surface area contributed by atoms with E-state index in [1.165, 1.54) is 25.2 Å². The summed E-state index contributed by atoms with van der Waals surface area (Å²) in [4.78, 5) is 33.7. The fraction of sp³-hybridized carbons (Fsp3) is 0.775. The van der Waals surface area contributed by atoms with Crippen LogP contribution in [0.3, 0.4) is 0 Å². The molecule has 0 spiro atoms. The molecule has 0 aliphatic carbocycles. The number of hydrogen-bond donors (Lipinski definition) is 1. The highest BCUT2D eigenvalue weighted by molar-refractivity contribution is 5.90. The smallest absolute Gasteiger partial charge is 0.330 e. The summed E-state index contributed by atoms with van der Waals surface area (Å²) in [5.74, 6) is -1.47. The Morgan fingerprint density at radius 1 is 0.720 bits per heavy atom. The molecule has 0 radical (unpaired) electrons. The largest absolute Gasteiger partial charge is 0.457 e. The number of carbonyl (C=O) groups excluding carboxylic acids is 3. The van der Waals surface area contributed by atoms with Crippen molar-refractivity contribution >= 4 is 17.5 Å². The molecule has 292 valence electrons. The van der Waals surface area contributed by atoms with Crippen LogP contribution in [-0.4, -0.2) is 91.5 Å². The Kier molecular flexibility index (Phi) is 26.5. The average Bonchev–Trinajstić information content (AvgIpc) is 3.03. The zero-order valence-electron chi connectivity index (χ0n) is 33.2. The molecule has 0 saturated heterocycles. The highest BCUT2D eigenvalue weighted by atomic mass is 16.6. The number of hydrogen-bond acceptors (Lipinski definition) is 10. The van der Waals surface area contributed by atoms with Crippen molar-refractivity contribution in [1.29, 1.82) is 0 Å². The highest BCUT2D eigenvalue weighted by Gasteiger charge is 2.27. The minimum absolute atomic E-state index is 0.0718. The van der Waals surface area contributed by atoms with Crippen LogP contribution in [0.15, 0.2) is 38.0 Å². The van der Waals surface area contributed by atoms with Crippen molar-refractivity contribution in [3.63, 3.8) is 0 Å². The van der Waals surface area contributed by atoms with Crippen LogP contribution in [0.2, 0.25) is 0 Å². The van der Waals surface area contributed by atoms with Gasteiger partial charge in [-0.05, 0) is 118 Å². The first-order chi connectivity index (χ1) is 23.2. The molecule has 3 atom stereocenters. The zero-order chi connectivity index (χ0) is 38.9. The maximum atomic E-state index is 11.4. The second-order valence-electron chi connectivity index (χ2n) is 14.9. The third kappa shape index (κ3) is 29.5. The molecule has 0 rings (SSSR count). The van der Waals surface area contributed by atoms with Crippen molar-refractivity contribution in [1.82, 2.24) is 0 Å². The van der Waals surface area contributed by atoms with E-state index in [-0.39, 0.29) is 42.1 Å². The Morgan fingerprint density at radius 3 is 1.80 bits per heavy atom. The van der Waals surface area contributed by atoms with Crippen LogP contribution < -0.4 is 0 Å². The first-order valence-electron chi connectivity index (χ1n) is 18.1. The van der Waals surface area contributed by atoms with Gasteiger partial charge in [0.25, 0.3) is 0 Å². The first-order valence-corrected chi connectivity index (χ1v) is 18.1. The maximum absolute atomic E-state index is 11.4. The van der Waals surface area contributed by atoms with Gasteiger partial charge in [-0.1, -0.05) is 39.5 Å². The van der Waals surface area contributed by atoms with Crippen molar-refractivity contribution < 1.29 is 47.9 Å². The van der Waals surface area contributed by atoms with Crippen molar-refractivity contribution in [2.75, 3.05) is 40.1 Å². The summed E-state index contributed by atoms with van der Waals surface area (Å²) >= 11 is 0. The van der Waals surface area contributed by atoms with E-state index in [1.807, 2.05) is 27.7 Å². The minimum Gasteiger partial charge on any atom is -0.457 e. The highest BCUT2D eigenvalue weighted by Crippen LogP contribution is 2.29. The van der Waals surface area contributed by atoms with Crippen LogP contribution in [0, 0.1) is 5.92 Å². The summed E-state index contributed by atoms with van der Waals surface area (Å²) in [6.07, 6.45) is 12.5. The molecule has 0 aromatic carbocycles. The molecule has 0 amide bonds. The van der Waals surface area contributed by atoms with Gasteiger partial charge >= 0.3 is 5.97 Å². The van der Waals surface area contributed by atoms with Crippen molar-refractivity contribution in [2.24, 2.45) is 5.92 Å². The molecule has 0 saturated carbocycles. The number of ether oxygens (including phenoxy) is 6. The normalized spacial score (nSPS) is 14.4. The molecule has 50 heavy (non-hydrogen) atoms. The molecular formula is C40H72O10. The summed E-state index contributed by atoms with van der Waals surface area (Å²) in [5, 5.41) is 9.62. The summed E-state index contributed by atoms with van der Waals surface area (Å²) in [7, 11) is 1.59. The number of rotatable bonds is 30. The summed E-state index contributed by atoms with van der Waals surface area (Å²) < 4.78 is 33.3. The summed E-state index contributed by atoms with van der Waals surface area (Å²) in [5.41, 5.74) is -1.11. The molecular weight excluding hydrogens is 640 g/mol. The van der Waals surface area contributed by atoms with Crippen LogP contribution in [0.1, 0.15) is 127 Å². The van der Waals surface area contributed by atoms with E-state index in [9.17, 15) is 19.5 Å². The SMILES string of the molecule is C=CC(=O)COC(C)(C)CCCOC(C)(C)CC(CCC)CC(C)OCCCC(C)(C)OC(=O)C=C.C=CC(=O)COC(C)(O)CCCOC. The van der Waals surface area contributed by atoms with Crippen molar-refractivity contribution in [3.05, 3.63) is 38.0 Å². The van der Waals surface area contributed by atoms with Gasteiger partial charge in [-0.3, -0.25) is 9.59 Å². The Labute approximate surface area is 304 Å². The molecule has 0 bridgehead atoms. The lowest BCUT2D eigenvalue weighted by Gasteiger charge is -2.32. The van der Waals surface area contributed by atoms with E-state index in [4.69, 9.17) is 28.4 Å². The first kappa shape index (κ1) is 49.9. The third-order valence-electron chi connectivity index (χ3n) is 8.00. The van der Waals surface area contributed by atoms with Crippen LogP contribution in [-0.2, 0) is 42.8 Å². The van der Waals surface area contributed by atoms with Gasteiger partial charge in [-0.2, -0.15) is 0 Å². The fourth-order valence-electron chi connectivity index (χ4n) is 5.30. The lowest BCUT2D eigenvalue weighted by atomic mass is 9.86. The Morgan fingerprint density at radius 2 is 1.26 bits per heavy atom. The molecule has 0 fully saturated rings. The number of methoxy groups -OCH3 is 1. The predicted molar refractivity (Wildman–Crippen MR) is 200 cm³/mol. The molecule has 0 aliphatic heterocycles. The topological polar surface area (TPSA) is 127 Å². The van der Waals surface area contributed by atoms with Crippen LogP contribution in [0.4, 0.5) is 0 Å². The second kappa shape index (κ2) is 26.5. The fourth-order valence-corrected chi connectivity index (χ4v) is 5.30. The lowest BCUT2D eigenvalue weighted by Crippen LogP contribution is -2.31.